The third-order valence-electron chi connectivity index (χ3n) is 1.09. The number of rotatable bonds is 2. The van der Waals surface area contributed by atoms with Crippen molar-refractivity contribution in [1.29, 1.82) is 0 Å². The zero-order valence-corrected chi connectivity index (χ0v) is 5.52. The molecule has 1 aromatic rings. The van der Waals surface area contributed by atoms with Crippen molar-refractivity contribution in [2.24, 2.45) is 0 Å². The van der Waals surface area contributed by atoms with Crippen molar-refractivity contribution in [3.63, 3.8) is 0 Å². The standard InChI is InChI=1S/C7H5NO3/c9-6(7(10)11)5-3-1-2-4-8-5/h1-4H,(H,10,11)/i4+1,7+1. The van der Waals surface area contributed by atoms with Crippen LogP contribution in [0.1, 0.15) is 10.5 Å². The first kappa shape index (κ1) is 7.40. The molecule has 0 saturated carbocycles. The van der Waals surface area contributed by atoms with Crippen LogP contribution in [-0.4, -0.2) is 21.8 Å². The first-order chi connectivity index (χ1) is 5.22. The summed E-state index contributed by atoms with van der Waals surface area (Å²) in [7, 11) is 0. The Morgan fingerprint density at radius 2 is 2.09 bits per heavy atom. The highest BCUT2D eigenvalue weighted by Gasteiger charge is 2.14. The molecule has 4 nitrogen and oxygen atoms in total. The third-order valence-corrected chi connectivity index (χ3v) is 1.09. The summed E-state index contributed by atoms with van der Waals surface area (Å²) in [5, 5.41) is 8.25. The average molecular weight is 153 g/mol. The van der Waals surface area contributed by atoms with Crippen molar-refractivity contribution in [3.05, 3.63) is 30.1 Å². The Morgan fingerprint density at radius 3 is 2.55 bits per heavy atom. The molecule has 0 radical (unpaired) electrons. The maximum absolute atomic E-state index is 10.7. The van der Waals surface area contributed by atoms with Crippen LogP contribution in [0.3, 0.4) is 0 Å². The zero-order valence-electron chi connectivity index (χ0n) is 5.52. The lowest BCUT2D eigenvalue weighted by Crippen LogP contribution is -2.13. The van der Waals surface area contributed by atoms with E-state index in [0.29, 0.717) is 0 Å². The van der Waals surface area contributed by atoms with Gasteiger partial charge in [-0.25, -0.2) is 4.79 Å². The first-order valence-electron chi connectivity index (χ1n) is 2.90. The summed E-state index contributed by atoms with van der Waals surface area (Å²) in [6, 6.07) is 4.53. The summed E-state index contributed by atoms with van der Waals surface area (Å²) < 4.78 is 0. The molecule has 0 fully saturated rings. The van der Waals surface area contributed by atoms with E-state index < -0.39 is 11.8 Å². The minimum absolute atomic E-state index is 0.0417. The molecule has 0 aliphatic rings. The number of hydrogen-bond acceptors (Lipinski definition) is 3. The van der Waals surface area contributed by atoms with Crippen molar-refractivity contribution in [2.45, 2.75) is 0 Å². The molecule has 1 rings (SSSR count). The molecule has 0 spiro atoms. The summed E-state index contributed by atoms with van der Waals surface area (Å²) in [4.78, 5) is 24.4. The van der Waals surface area contributed by atoms with Crippen molar-refractivity contribution < 1.29 is 14.7 Å². The van der Waals surface area contributed by atoms with Crippen molar-refractivity contribution in [2.75, 3.05) is 0 Å². The number of ketones is 1. The number of aromatic nitrogens is 1. The predicted molar refractivity (Wildman–Crippen MR) is 36.2 cm³/mol. The molecule has 1 heterocycles. The van der Waals surface area contributed by atoms with Gasteiger partial charge in [-0.3, -0.25) is 9.78 Å². The summed E-state index contributed by atoms with van der Waals surface area (Å²) in [5.41, 5.74) is -0.0417. The highest BCUT2D eigenvalue weighted by Crippen LogP contribution is 1.94. The maximum atomic E-state index is 10.7. The van der Waals surface area contributed by atoms with Crippen molar-refractivity contribution >= 4 is 11.8 Å². The zero-order chi connectivity index (χ0) is 8.27. The number of carbonyl (C=O) groups excluding carboxylic acids is 1. The molecule has 0 bridgehead atoms. The average Bonchev–Trinajstić information content (AvgIpc) is 2.05. The highest BCUT2D eigenvalue weighted by atomic mass is 16.5. The van der Waals surface area contributed by atoms with Crippen LogP contribution in [0.5, 0.6) is 0 Å². The van der Waals surface area contributed by atoms with Gasteiger partial charge in [-0.15, -0.1) is 0 Å². The van der Waals surface area contributed by atoms with E-state index in [-0.39, 0.29) is 5.69 Å². The fourth-order valence-electron chi connectivity index (χ4n) is 0.607. The predicted octanol–water partition coefficient (Wildman–Crippen LogP) is 0.349. The van der Waals surface area contributed by atoms with Crippen molar-refractivity contribution in [3.8, 4) is 0 Å². The van der Waals surface area contributed by atoms with Crippen LogP contribution in [0.25, 0.3) is 0 Å². The van der Waals surface area contributed by atoms with Crippen LogP contribution in [0.2, 0.25) is 0 Å². The normalized spacial score (nSPS) is 9.09. The Labute approximate surface area is 62.5 Å². The molecule has 1 N–H and O–H groups in total. The lowest BCUT2D eigenvalue weighted by molar-refractivity contribution is -0.131. The van der Waals surface area contributed by atoms with E-state index in [4.69, 9.17) is 5.11 Å². The van der Waals surface area contributed by atoms with E-state index in [9.17, 15) is 9.59 Å². The van der Waals surface area contributed by atoms with E-state index in [1.165, 1.54) is 12.3 Å². The van der Waals surface area contributed by atoms with Gasteiger partial charge in [0.1, 0.15) is 5.69 Å². The largest absolute Gasteiger partial charge is 0.475 e. The van der Waals surface area contributed by atoms with Gasteiger partial charge in [-0.1, -0.05) is 6.07 Å². The fraction of sp³-hybridized carbons (Fsp3) is 0. The molecule has 56 valence electrons. The quantitative estimate of drug-likeness (QED) is 0.378. The molecular weight excluding hydrogens is 148 g/mol. The second kappa shape index (κ2) is 2.92. The smallest absolute Gasteiger partial charge is 0.378 e. The number of pyridine rings is 1. The Morgan fingerprint density at radius 1 is 1.36 bits per heavy atom. The van der Waals surface area contributed by atoms with Crippen LogP contribution >= 0.6 is 0 Å². The van der Waals surface area contributed by atoms with Crippen LogP contribution in [0, 0.1) is 0 Å². The minimum Gasteiger partial charge on any atom is -0.475 e. The number of hydrogen-bond donors (Lipinski definition) is 1. The van der Waals surface area contributed by atoms with Gasteiger partial charge in [0.25, 0.3) is 5.78 Å². The fourth-order valence-corrected chi connectivity index (χ4v) is 0.607. The molecule has 0 aliphatic carbocycles. The second-order valence-electron chi connectivity index (χ2n) is 1.85. The van der Waals surface area contributed by atoms with Crippen LogP contribution in [0.15, 0.2) is 24.4 Å². The molecule has 0 aliphatic heterocycles. The number of nitrogens with zero attached hydrogens (tertiary/aromatic N) is 1. The minimum atomic E-state index is -1.48. The Bertz CT molecular complexity index is 281. The van der Waals surface area contributed by atoms with Gasteiger partial charge in [0.05, 0.1) is 0 Å². The van der Waals surface area contributed by atoms with E-state index in [2.05, 4.69) is 4.98 Å². The molecule has 0 amide bonds. The van der Waals surface area contributed by atoms with Crippen LogP contribution in [0.4, 0.5) is 0 Å². The molecular formula is C7H5NO3. The van der Waals surface area contributed by atoms with Gasteiger partial charge in [-0.05, 0) is 12.1 Å². The van der Waals surface area contributed by atoms with Gasteiger partial charge in [0.2, 0.25) is 0 Å². The van der Waals surface area contributed by atoms with E-state index in [0.717, 1.165) is 0 Å². The molecule has 0 atom stereocenters. The summed E-state index contributed by atoms with van der Waals surface area (Å²) in [5.74, 6) is -2.46. The number of carboxylic acids is 1. The molecule has 0 aromatic carbocycles. The lowest BCUT2D eigenvalue weighted by atomic mass is 10.3. The summed E-state index contributed by atoms with van der Waals surface area (Å²) >= 11 is 0. The lowest BCUT2D eigenvalue weighted by Gasteiger charge is -1.90. The Hall–Kier alpha value is -1.71. The summed E-state index contributed by atoms with van der Waals surface area (Å²) in [6.07, 6.45) is 1.37. The number of aliphatic carboxylic acids is 1. The number of carbonyl (C=O) groups is 2. The molecule has 0 saturated heterocycles. The number of carboxylic acid groups (broad SMARTS) is 1. The SMILES string of the molecule is O=C(c1ccc[13cH]n1)[13C](=O)O. The van der Waals surface area contributed by atoms with E-state index in [1.54, 1.807) is 12.1 Å². The van der Waals surface area contributed by atoms with E-state index in [1.807, 2.05) is 0 Å². The monoisotopic (exact) mass is 153 g/mol. The maximum Gasteiger partial charge on any atom is 0.378 e. The molecule has 4 heteroatoms. The Balaban J connectivity index is 2.95. The number of Topliss-reactive ketones (excluding diaryl/α,β-unsaturated/α-hetero) is 1. The molecule has 0 unspecified atom stereocenters. The topological polar surface area (TPSA) is 67.3 Å². The van der Waals surface area contributed by atoms with Gasteiger partial charge in [0.15, 0.2) is 0 Å². The Kier molecular flexibility index (Phi) is 1.96. The third kappa shape index (κ3) is 1.61. The van der Waals surface area contributed by atoms with Crippen LogP contribution < -0.4 is 0 Å². The van der Waals surface area contributed by atoms with Crippen molar-refractivity contribution in [1.82, 2.24) is 4.98 Å². The van der Waals surface area contributed by atoms with Crippen LogP contribution in [-0.2, 0) is 4.79 Å². The molecule has 11 heavy (non-hydrogen) atoms. The van der Waals surface area contributed by atoms with Gasteiger partial charge < -0.3 is 5.11 Å². The second-order valence-corrected chi connectivity index (χ2v) is 1.85. The summed E-state index contributed by atoms with van der Waals surface area (Å²) in [6.45, 7) is 0. The van der Waals surface area contributed by atoms with E-state index >= 15 is 0 Å². The highest BCUT2D eigenvalue weighted by molar-refractivity contribution is 6.39. The van der Waals surface area contributed by atoms with Gasteiger partial charge in [0, 0.05) is 6.20 Å². The molecule has 1 aromatic heterocycles. The van der Waals surface area contributed by atoms with Gasteiger partial charge in [-0.2, -0.15) is 0 Å². The van der Waals surface area contributed by atoms with Gasteiger partial charge >= 0.3 is 5.97 Å². The first-order valence-corrected chi connectivity index (χ1v) is 2.90.